The number of amides is 2. The number of carboxylic acids is 1. The van der Waals surface area contributed by atoms with Crippen molar-refractivity contribution in [2.24, 2.45) is 0 Å². The summed E-state index contributed by atoms with van der Waals surface area (Å²) < 4.78 is 1.79. The predicted octanol–water partition coefficient (Wildman–Crippen LogP) is 0.970. The van der Waals surface area contributed by atoms with E-state index in [0.717, 1.165) is 25.8 Å². The number of carbonyl (C=O) groups excluding carboxylic acids is 1. The molecule has 0 atom stereocenters. The molecule has 0 aliphatic heterocycles. The fourth-order valence-corrected chi connectivity index (χ4v) is 2.51. The lowest BCUT2D eigenvalue weighted by molar-refractivity contribution is -0.144. The van der Waals surface area contributed by atoms with Gasteiger partial charge in [0.15, 0.2) is 0 Å². The number of aliphatic carboxylic acids is 1. The van der Waals surface area contributed by atoms with Gasteiger partial charge in [-0.2, -0.15) is 5.10 Å². The number of hydrogen-bond donors (Lipinski definition) is 3. The van der Waals surface area contributed by atoms with Crippen LogP contribution in [0.4, 0.5) is 4.79 Å². The number of hydrogen-bond acceptors (Lipinski definition) is 3. The molecule has 1 heterocycles. The van der Waals surface area contributed by atoms with Crippen LogP contribution in [0.5, 0.6) is 0 Å². The minimum absolute atomic E-state index is 0.408. The number of urea groups is 1. The monoisotopic (exact) mass is 280 g/mol. The molecule has 7 nitrogen and oxygen atoms in total. The highest BCUT2D eigenvalue weighted by Gasteiger charge is 2.42. The molecular formula is C13H20N4O3. The van der Waals surface area contributed by atoms with Crippen LogP contribution in [-0.4, -0.2) is 39.0 Å². The normalized spacial score (nSPS) is 16.8. The average molecular weight is 280 g/mol. The molecule has 1 aromatic heterocycles. The fourth-order valence-electron chi connectivity index (χ4n) is 2.51. The Morgan fingerprint density at radius 2 is 2.10 bits per heavy atom. The molecule has 1 fully saturated rings. The lowest BCUT2D eigenvalue weighted by Gasteiger charge is -2.25. The van der Waals surface area contributed by atoms with Crippen LogP contribution in [-0.2, 0) is 11.3 Å². The fraction of sp³-hybridized carbons (Fsp3) is 0.615. The molecule has 1 aliphatic carbocycles. The van der Waals surface area contributed by atoms with Crippen LogP contribution in [0.3, 0.4) is 0 Å². The number of aryl methyl sites for hydroxylation is 1. The van der Waals surface area contributed by atoms with E-state index in [2.05, 4.69) is 15.7 Å². The van der Waals surface area contributed by atoms with Crippen LogP contribution in [0, 0.1) is 0 Å². The van der Waals surface area contributed by atoms with Crippen LogP contribution in [0.25, 0.3) is 0 Å². The molecule has 0 radical (unpaired) electrons. The van der Waals surface area contributed by atoms with Gasteiger partial charge in [-0.1, -0.05) is 12.8 Å². The van der Waals surface area contributed by atoms with E-state index in [4.69, 9.17) is 0 Å². The summed E-state index contributed by atoms with van der Waals surface area (Å²) in [5.74, 6) is -0.943. The maximum atomic E-state index is 11.8. The van der Waals surface area contributed by atoms with Gasteiger partial charge in [-0.3, -0.25) is 4.68 Å². The summed E-state index contributed by atoms with van der Waals surface area (Å²) in [4.78, 5) is 23.1. The van der Waals surface area contributed by atoms with Gasteiger partial charge in [0.05, 0.1) is 0 Å². The minimum Gasteiger partial charge on any atom is -0.480 e. The first-order valence-corrected chi connectivity index (χ1v) is 6.89. The molecule has 20 heavy (non-hydrogen) atoms. The SMILES string of the molecule is O=C(NCCCn1cccn1)NC1(C(=O)O)CCCC1. The standard InChI is InChI=1S/C13H20N4O3/c18-11(19)13(5-1-2-6-13)16-12(20)14-7-3-9-17-10-4-8-15-17/h4,8,10H,1-3,5-7,9H2,(H,18,19)(H2,14,16,20). The van der Waals surface area contributed by atoms with E-state index in [0.29, 0.717) is 19.4 Å². The number of rotatable bonds is 6. The Morgan fingerprint density at radius 1 is 1.35 bits per heavy atom. The molecule has 7 heteroatoms. The van der Waals surface area contributed by atoms with Crippen molar-refractivity contribution in [3.63, 3.8) is 0 Å². The lowest BCUT2D eigenvalue weighted by Crippen LogP contribution is -2.55. The minimum atomic E-state index is -1.08. The summed E-state index contributed by atoms with van der Waals surface area (Å²) >= 11 is 0. The van der Waals surface area contributed by atoms with E-state index in [9.17, 15) is 14.7 Å². The van der Waals surface area contributed by atoms with Gasteiger partial charge in [-0.15, -0.1) is 0 Å². The number of aromatic nitrogens is 2. The van der Waals surface area contributed by atoms with E-state index < -0.39 is 17.5 Å². The second kappa shape index (κ2) is 6.40. The second-order valence-corrected chi connectivity index (χ2v) is 5.10. The lowest BCUT2D eigenvalue weighted by atomic mass is 9.98. The largest absolute Gasteiger partial charge is 0.480 e. The number of nitrogens with one attached hydrogen (secondary N) is 2. The van der Waals surface area contributed by atoms with Gasteiger partial charge < -0.3 is 15.7 Å². The van der Waals surface area contributed by atoms with Crippen molar-refractivity contribution in [2.75, 3.05) is 6.54 Å². The molecule has 0 unspecified atom stereocenters. The van der Waals surface area contributed by atoms with Gasteiger partial charge in [-0.05, 0) is 25.3 Å². The van der Waals surface area contributed by atoms with Crippen LogP contribution in [0.15, 0.2) is 18.5 Å². The Balaban J connectivity index is 1.70. The smallest absolute Gasteiger partial charge is 0.329 e. The zero-order valence-corrected chi connectivity index (χ0v) is 11.3. The van der Waals surface area contributed by atoms with Crippen LogP contribution in [0.1, 0.15) is 32.1 Å². The Morgan fingerprint density at radius 3 is 2.70 bits per heavy atom. The Hall–Kier alpha value is -2.05. The van der Waals surface area contributed by atoms with Crippen molar-refractivity contribution in [3.05, 3.63) is 18.5 Å². The highest BCUT2D eigenvalue weighted by Crippen LogP contribution is 2.29. The highest BCUT2D eigenvalue weighted by molar-refractivity contribution is 5.86. The first kappa shape index (κ1) is 14.4. The maximum Gasteiger partial charge on any atom is 0.329 e. The molecule has 1 aromatic rings. The van der Waals surface area contributed by atoms with Crippen molar-refractivity contribution < 1.29 is 14.7 Å². The summed E-state index contributed by atoms with van der Waals surface area (Å²) in [5, 5.41) is 18.6. The molecule has 2 amide bonds. The topological polar surface area (TPSA) is 96.3 Å². The van der Waals surface area contributed by atoms with Gasteiger partial charge >= 0.3 is 12.0 Å². The first-order chi connectivity index (χ1) is 9.62. The Bertz CT molecular complexity index is 452. The maximum absolute atomic E-state index is 11.8. The molecule has 1 aliphatic rings. The van der Waals surface area contributed by atoms with E-state index in [1.165, 1.54) is 0 Å². The summed E-state index contributed by atoms with van der Waals surface area (Å²) in [6.07, 6.45) is 6.99. The molecule has 0 saturated heterocycles. The summed E-state index contributed by atoms with van der Waals surface area (Å²) in [6.45, 7) is 1.21. The van der Waals surface area contributed by atoms with Crippen LogP contribution in [0.2, 0.25) is 0 Å². The molecule has 1 saturated carbocycles. The van der Waals surface area contributed by atoms with Gasteiger partial charge in [0.1, 0.15) is 5.54 Å². The number of carboxylic acid groups (broad SMARTS) is 1. The Labute approximate surface area is 117 Å². The quantitative estimate of drug-likeness (QED) is 0.676. The van der Waals surface area contributed by atoms with Crippen molar-refractivity contribution >= 4 is 12.0 Å². The van der Waals surface area contributed by atoms with Crippen molar-refractivity contribution in [3.8, 4) is 0 Å². The van der Waals surface area contributed by atoms with E-state index in [1.54, 1.807) is 10.9 Å². The number of nitrogens with zero attached hydrogens (tertiary/aromatic N) is 2. The van der Waals surface area contributed by atoms with E-state index >= 15 is 0 Å². The summed E-state index contributed by atoms with van der Waals surface area (Å²) in [7, 11) is 0. The van der Waals surface area contributed by atoms with E-state index in [1.807, 2.05) is 12.3 Å². The molecular weight excluding hydrogens is 260 g/mol. The third kappa shape index (κ3) is 3.49. The second-order valence-electron chi connectivity index (χ2n) is 5.10. The van der Waals surface area contributed by atoms with Gasteiger partial charge in [0.25, 0.3) is 0 Å². The predicted molar refractivity (Wildman–Crippen MR) is 72.2 cm³/mol. The molecule has 0 spiro atoms. The van der Waals surface area contributed by atoms with E-state index in [-0.39, 0.29) is 0 Å². The van der Waals surface area contributed by atoms with Crippen LogP contribution >= 0.6 is 0 Å². The van der Waals surface area contributed by atoms with Gasteiger partial charge in [0.2, 0.25) is 0 Å². The van der Waals surface area contributed by atoms with Gasteiger partial charge in [0, 0.05) is 25.5 Å². The summed E-state index contributed by atoms with van der Waals surface area (Å²) in [6, 6.07) is 1.44. The zero-order chi connectivity index (χ0) is 14.4. The highest BCUT2D eigenvalue weighted by atomic mass is 16.4. The average Bonchev–Trinajstić information content (AvgIpc) is 3.06. The molecule has 0 aromatic carbocycles. The molecule has 3 N–H and O–H groups in total. The molecule has 2 rings (SSSR count). The third-order valence-corrected chi connectivity index (χ3v) is 3.63. The molecule has 110 valence electrons. The zero-order valence-electron chi connectivity index (χ0n) is 11.3. The Kier molecular flexibility index (Phi) is 4.60. The van der Waals surface area contributed by atoms with Crippen molar-refractivity contribution in [1.82, 2.24) is 20.4 Å². The van der Waals surface area contributed by atoms with Crippen molar-refractivity contribution in [1.29, 1.82) is 0 Å². The van der Waals surface area contributed by atoms with Crippen LogP contribution < -0.4 is 10.6 Å². The summed E-state index contributed by atoms with van der Waals surface area (Å²) in [5.41, 5.74) is -1.08. The first-order valence-electron chi connectivity index (χ1n) is 6.89. The van der Waals surface area contributed by atoms with Gasteiger partial charge in [-0.25, -0.2) is 9.59 Å². The van der Waals surface area contributed by atoms with Crippen molar-refractivity contribution in [2.45, 2.75) is 44.2 Å². The number of carbonyl (C=O) groups is 2. The molecule has 0 bridgehead atoms. The third-order valence-electron chi connectivity index (χ3n) is 3.63.